The van der Waals surface area contributed by atoms with E-state index in [1.807, 2.05) is 55.6 Å². The van der Waals surface area contributed by atoms with Gasteiger partial charge >= 0.3 is 58.2 Å². The van der Waals surface area contributed by atoms with E-state index in [1.54, 1.807) is 29.0 Å². The van der Waals surface area contributed by atoms with Gasteiger partial charge in [-0.1, -0.05) is 55.5 Å². The van der Waals surface area contributed by atoms with Crippen molar-refractivity contribution in [2.45, 2.75) is 58.5 Å². The van der Waals surface area contributed by atoms with E-state index in [-0.39, 0.29) is 83.3 Å². The van der Waals surface area contributed by atoms with Crippen molar-refractivity contribution in [1.29, 1.82) is 0 Å². The van der Waals surface area contributed by atoms with Crippen molar-refractivity contribution < 1.29 is 91.8 Å². The summed E-state index contributed by atoms with van der Waals surface area (Å²) in [6.45, 7) is 5.63. The predicted molar refractivity (Wildman–Crippen MR) is 200 cm³/mol. The third-order valence-corrected chi connectivity index (χ3v) is 9.47. The van der Waals surface area contributed by atoms with Gasteiger partial charge < -0.3 is 39.2 Å². The van der Waals surface area contributed by atoms with Crippen LogP contribution in [0.4, 0.5) is 11.4 Å². The van der Waals surface area contributed by atoms with Crippen LogP contribution in [0.15, 0.2) is 77.8 Å². The van der Waals surface area contributed by atoms with Crippen LogP contribution >= 0.6 is 0 Å². The molecule has 2 unspecified atom stereocenters. The molecule has 272 valence electrons. The molecule has 0 saturated heterocycles. The van der Waals surface area contributed by atoms with E-state index in [0.29, 0.717) is 66.8 Å². The number of hydrogen-bond acceptors (Lipinski definition) is 8. The maximum atomic E-state index is 13.7. The van der Waals surface area contributed by atoms with Crippen LogP contribution < -0.4 is 77.1 Å². The van der Waals surface area contributed by atoms with Gasteiger partial charge in [0.15, 0.2) is 23.0 Å². The van der Waals surface area contributed by atoms with Crippen molar-refractivity contribution >= 4 is 29.9 Å². The fourth-order valence-electron chi connectivity index (χ4n) is 6.62. The van der Waals surface area contributed by atoms with Gasteiger partial charge in [-0.15, -0.1) is 5.69 Å². The molecule has 0 spiro atoms. The van der Waals surface area contributed by atoms with Crippen LogP contribution in [-0.4, -0.2) is 79.7 Å². The van der Waals surface area contributed by atoms with Gasteiger partial charge in [0.05, 0.1) is 39.2 Å². The number of carbonyl (C=O) groups is 2. The molecule has 4 aromatic carbocycles. The third-order valence-electron chi connectivity index (χ3n) is 9.47. The number of aryl methyl sites for hydroxylation is 2. The van der Waals surface area contributed by atoms with E-state index < -0.39 is 6.23 Å². The topological polar surface area (TPSA) is 124 Å². The molecule has 6 rings (SSSR count). The van der Waals surface area contributed by atoms with Gasteiger partial charge in [0.2, 0.25) is 6.41 Å². The maximum Gasteiger partial charge on any atom is 1.00 e. The molecule has 0 radical (unpaired) electrons. The van der Waals surface area contributed by atoms with Gasteiger partial charge in [0, 0.05) is 50.1 Å². The van der Waals surface area contributed by atoms with Crippen molar-refractivity contribution in [3.63, 3.8) is 0 Å². The van der Waals surface area contributed by atoms with Crippen molar-refractivity contribution in [1.82, 2.24) is 9.80 Å². The summed E-state index contributed by atoms with van der Waals surface area (Å²) in [7, 11) is 3.11. The first-order valence-corrected chi connectivity index (χ1v) is 17.5. The second-order valence-corrected chi connectivity index (χ2v) is 12.9. The zero-order valence-corrected chi connectivity index (χ0v) is 36.0. The van der Waals surface area contributed by atoms with Crippen molar-refractivity contribution in [2.24, 2.45) is 4.99 Å². The minimum Gasteiger partial charge on any atom is -0.658 e. The van der Waals surface area contributed by atoms with Gasteiger partial charge in [-0.05, 0) is 65.8 Å². The minimum atomic E-state index is -1.09. The summed E-state index contributed by atoms with van der Waals surface area (Å²) in [6, 6.07) is 23.0. The van der Waals surface area contributed by atoms with E-state index in [1.165, 1.54) is 12.7 Å². The first-order valence-electron chi connectivity index (χ1n) is 17.5. The van der Waals surface area contributed by atoms with Crippen molar-refractivity contribution in [3.8, 4) is 23.0 Å². The predicted octanol–water partition coefficient (Wildman–Crippen LogP) is 3.69. The fraction of sp³-hybridized carbons (Fsp3) is 0.341. The van der Waals surface area contributed by atoms with Crippen LogP contribution in [0.1, 0.15) is 51.5 Å². The van der Waals surface area contributed by atoms with Crippen LogP contribution in [0, 0.1) is 6.92 Å². The van der Waals surface area contributed by atoms with E-state index >= 15 is 0 Å². The Labute approximate surface area is 360 Å². The summed E-state index contributed by atoms with van der Waals surface area (Å²) >= 11 is 0. The average molecular weight is 791 g/mol. The number of nitrogens with zero attached hydrogens (tertiary/aromatic N) is 4. The number of methoxy groups -OCH3 is 2. The Morgan fingerprint density at radius 3 is 2.26 bits per heavy atom. The molecule has 53 heavy (non-hydrogen) atoms. The molecular formula is C41H45N4O7Rb. The standard InChI is InChI=1S/C41H46N4O7.Rb/c1-5-28-11-6-8-13-30(28)23-44-25-40(47)43-35-21-39(37(50-4)19-33(35)41(44)48)52-16-10-15-51-38-20-34(27(2)17-36(38)49-3)42-22-32-18-29-12-7-9-14-31(29)24-45(32)26-46;/h6-9,11-14,17,19-22,26,32,40,47H,5,10,15-16,18,23-25H2,1-4H3,(H,43,48);/q;+1/p-1. The number of fused-ring (bicyclic) bond motifs is 2. The Morgan fingerprint density at radius 2 is 1.57 bits per heavy atom. The molecule has 0 fully saturated rings. The van der Waals surface area contributed by atoms with Gasteiger partial charge in [-0.2, -0.15) is 0 Å². The molecule has 2 heterocycles. The molecule has 2 aliphatic rings. The smallest absolute Gasteiger partial charge is 0.658 e. The number of aliphatic imine (C=N–C) groups is 1. The Bertz CT molecular complexity index is 1940. The Kier molecular flexibility index (Phi) is 14.5. The fourth-order valence-corrected chi connectivity index (χ4v) is 6.62. The monoisotopic (exact) mass is 790 g/mol. The number of aliphatic hydroxyl groups is 1. The summed E-state index contributed by atoms with van der Waals surface area (Å²) in [4.78, 5) is 33.7. The molecule has 2 amide bonds. The van der Waals surface area contributed by atoms with E-state index in [4.69, 9.17) is 23.9 Å². The molecule has 11 nitrogen and oxygen atoms in total. The second kappa shape index (κ2) is 19.0. The van der Waals surface area contributed by atoms with E-state index in [9.17, 15) is 14.7 Å². The van der Waals surface area contributed by atoms with Crippen LogP contribution in [0.3, 0.4) is 0 Å². The molecule has 4 aromatic rings. The van der Waals surface area contributed by atoms with Crippen LogP contribution in [0.25, 0.3) is 5.32 Å². The minimum absolute atomic E-state index is 0. The first kappa shape index (κ1) is 40.4. The van der Waals surface area contributed by atoms with E-state index in [0.717, 1.165) is 40.8 Å². The number of amides is 2. The molecule has 12 heteroatoms. The van der Waals surface area contributed by atoms with Crippen LogP contribution in [-0.2, 0) is 30.7 Å². The summed E-state index contributed by atoms with van der Waals surface area (Å²) in [6.07, 6.45) is 3.68. The number of β-amino-alcohol motifs (C(OH)–C–C–N with tert-alkyl or cyclic N) is 1. The Balaban J connectivity index is 0.00000541. The van der Waals surface area contributed by atoms with Crippen molar-refractivity contribution in [3.05, 3.63) is 111 Å². The quantitative estimate of drug-likeness (QED) is 0.118. The van der Waals surface area contributed by atoms with Gasteiger partial charge in [0.25, 0.3) is 5.91 Å². The second-order valence-electron chi connectivity index (χ2n) is 12.9. The molecule has 2 aliphatic heterocycles. The van der Waals surface area contributed by atoms with Crippen molar-refractivity contribution in [2.75, 3.05) is 34.0 Å². The largest absolute Gasteiger partial charge is 1.00 e. The number of rotatable bonds is 14. The van der Waals surface area contributed by atoms with Gasteiger partial charge in [0.1, 0.15) is 0 Å². The number of ether oxygens (including phenoxy) is 4. The number of carbonyl (C=O) groups excluding carboxylic acids is 2. The van der Waals surface area contributed by atoms with Crippen LogP contribution in [0.2, 0.25) is 0 Å². The summed E-state index contributed by atoms with van der Waals surface area (Å²) in [5.41, 5.74) is 6.88. The molecule has 0 aromatic heterocycles. The summed E-state index contributed by atoms with van der Waals surface area (Å²) in [5, 5.41) is 15.2. The molecule has 1 N–H and O–H groups in total. The van der Waals surface area contributed by atoms with E-state index in [2.05, 4.69) is 30.4 Å². The zero-order chi connectivity index (χ0) is 36.6. The Morgan fingerprint density at radius 1 is 0.906 bits per heavy atom. The molecule has 0 saturated carbocycles. The molecule has 0 aliphatic carbocycles. The average Bonchev–Trinajstić information content (AvgIpc) is 3.27. The van der Waals surface area contributed by atoms with Gasteiger partial charge in [-0.25, -0.2) is 0 Å². The van der Waals surface area contributed by atoms with Crippen LogP contribution in [0.5, 0.6) is 23.0 Å². The number of hydrogen-bond donors (Lipinski definition) is 1. The number of aliphatic hydroxyl groups excluding tert-OH is 1. The summed E-state index contributed by atoms with van der Waals surface area (Å²) < 4.78 is 23.4. The molecular weight excluding hydrogens is 746 g/mol. The Hall–Kier alpha value is -3.74. The molecule has 2 atom stereocenters. The normalized spacial score (nSPS) is 16.5. The first-order chi connectivity index (χ1) is 25.3. The maximum absolute atomic E-state index is 13.7. The zero-order valence-electron chi connectivity index (χ0n) is 31.1. The molecule has 0 bridgehead atoms. The SMILES string of the molecule is CCc1ccccc1CN1CC(O)[N-]c2cc(OCCCOc3cc(N=CC4Cc5ccccc5CN4C=O)c(C)cc3OC)c(OC)cc2C1=O.[Rb+]. The number of benzene rings is 4. The summed E-state index contributed by atoms with van der Waals surface area (Å²) in [5.74, 6) is 1.70. The van der Waals surface area contributed by atoms with Gasteiger partial charge in [-0.3, -0.25) is 14.6 Å². The third kappa shape index (κ3) is 9.68.